The fraction of sp³-hybridized carbons (Fsp3) is 0.0588. The number of hydrogen-bond donors (Lipinski definition) is 1. The van der Waals surface area contributed by atoms with Gasteiger partial charge >= 0.3 is 0 Å². The van der Waals surface area contributed by atoms with Crippen LogP contribution in [0.2, 0.25) is 5.15 Å². The standard InChI is InChI=1S/C17H13ClN4O/c1-11-4-5-12-8-14(16(18)21-15(12)7-11)10-20-22-17(23)13-3-2-6-19-9-13/h2-10H,1H3,(H,22,23)/b20-10-. The molecular weight excluding hydrogens is 312 g/mol. The van der Waals surface area contributed by atoms with Crippen LogP contribution in [0, 0.1) is 6.92 Å². The number of amides is 1. The van der Waals surface area contributed by atoms with E-state index in [0.29, 0.717) is 16.3 Å². The van der Waals surface area contributed by atoms with Crippen molar-refractivity contribution in [2.24, 2.45) is 5.10 Å². The Kier molecular flexibility index (Phi) is 4.30. The van der Waals surface area contributed by atoms with Crippen molar-refractivity contribution in [1.82, 2.24) is 15.4 Å². The van der Waals surface area contributed by atoms with Crippen molar-refractivity contribution in [3.63, 3.8) is 0 Å². The minimum Gasteiger partial charge on any atom is -0.267 e. The number of pyridine rings is 2. The Labute approximate surface area is 138 Å². The third kappa shape index (κ3) is 3.52. The molecule has 0 radical (unpaired) electrons. The first-order valence-electron chi connectivity index (χ1n) is 6.94. The lowest BCUT2D eigenvalue weighted by atomic mass is 10.1. The van der Waals surface area contributed by atoms with Crippen LogP contribution >= 0.6 is 11.6 Å². The fourth-order valence-corrected chi connectivity index (χ4v) is 2.28. The molecule has 2 aromatic heterocycles. The Morgan fingerprint density at radius 2 is 2.17 bits per heavy atom. The van der Waals surface area contributed by atoms with E-state index >= 15 is 0 Å². The average Bonchev–Trinajstić information content (AvgIpc) is 2.56. The van der Waals surface area contributed by atoms with Gasteiger partial charge in [0.05, 0.1) is 17.3 Å². The number of fused-ring (bicyclic) bond motifs is 1. The second-order valence-corrected chi connectivity index (χ2v) is 5.36. The maximum atomic E-state index is 11.9. The number of benzene rings is 1. The molecule has 0 saturated carbocycles. The third-order valence-corrected chi connectivity index (χ3v) is 3.55. The van der Waals surface area contributed by atoms with Crippen LogP contribution in [0.25, 0.3) is 10.9 Å². The number of aromatic nitrogens is 2. The number of carbonyl (C=O) groups is 1. The van der Waals surface area contributed by atoms with Gasteiger partial charge in [0.2, 0.25) is 0 Å². The number of hydrazone groups is 1. The van der Waals surface area contributed by atoms with E-state index in [1.54, 1.807) is 18.3 Å². The number of nitrogens with one attached hydrogen (secondary N) is 1. The summed E-state index contributed by atoms with van der Waals surface area (Å²) in [6.45, 7) is 2.00. The smallest absolute Gasteiger partial charge is 0.267 e. The molecule has 114 valence electrons. The van der Waals surface area contributed by atoms with Gasteiger partial charge < -0.3 is 0 Å². The SMILES string of the molecule is Cc1ccc2cc(/C=N\NC(=O)c3cccnc3)c(Cl)nc2c1. The van der Waals surface area contributed by atoms with Gasteiger partial charge in [0.15, 0.2) is 0 Å². The molecule has 23 heavy (non-hydrogen) atoms. The molecule has 3 rings (SSSR count). The van der Waals surface area contributed by atoms with Gasteiger partial charge in [-0.15, -0.1) is 0 Å². The van der Waals surface area contributed by atoms with Crippen LogP contribution in [-0.2, 0) is 0 Å². The second kappa shape index (κ2) is 6.54. The van der Waals surface area contributed by atoms with Crippen molar-refractivity contribution < 1.29 is 4.79 Å². The summed E-state index contributed by atoms with van der Waals surface area (Å²) in [5.74, 6) is -0.338. The Morgan fingerprint density at radius 3 is 2.96 bits per heavy atom. The molecule has 0 aliphatic carbocycles. The molecule has 0 bridgehead atoms. The maximum absolute atomic E-state index is 11.9. The van der Waals surface area contributed by atoms with Crippen molar-refractivity contribution in [3.8, 4) is 0 Å². The van der Waals surface area contributed by atoms with Crippen LogP contribution in [0.3, 0.4) is 0 Å². The highest BCUT2D eigenvalue weighted by atomic mass is 35.5. The summed E-state index contributed by atoms with van der Waals surface area (Å²) in [6.07, 6.45) is 4.54. The second-order valence-electron chi connectivity index (χ2n) is 5.01. The first kappa shape index (κ1) is 15.1. The Bertz CT molecular complexity index is 894. The molecule has 1 aromatic carbocycles. The number of carbonyl (C=O) groups excluding carboxylic acids is 1. The molecule has 0 atom stereocenters. The van der Waals surface area contributed by atoms with Crippen molar-refractivity contribution in [3.05, 3.63) is 70.6 Å². The summed E-state index contributed by atoms with van der Waals surface area (Å²) >= 11 is 6.16. The Morgan fingerprint density at radius 1 is 1.30 bits per heavy atom. The predicted octanol–water partition coefficient (Wildman–Crippen LogP) is 3.36. The summed E-state index contributed by atoms with van der Waals surface area (Å²) in [5, 5.41) is 5.22. The van der Waals surface area contributed by atoms with Gasteiger partial charge in [-0.1, -0.05) is 23.7 Å². The van der Waals surface area contributed by atoms with E-state index in [4.69, 9.17) is 11.6 Å². The summed E-state index contributed by atoms with van der Waals surface area (Å²) < 4.78 is 0. The van der Waals surface area contributed by atoms with Crippen molar-refractivity contribution in [2.75, 3.05) is 0 Å². The van der Waals surface area contributed by atoms with Gasteiger partial charge in [-0.2, -0.15) is 5.10 Å². The zero-order valence-electron chi connectivity index (χ0n) is 12.3. The lowest BCUT2D eigenvalue weighted by Gasteiger charge is -2.03. The molecule has 3 aromatic rings. The van der Waals surface area contributed by atoms with E-state index in [2.05, 4.69) is 20.5 Å². The molecule has 0 fully saturated rings. The van der Waals surface area contributed by atoms with Gasteiger partial charge in [0.25, 0.3) is 5.91 Å². The normalized spacial score (nSPS) is 11.0. The molecule has 0 aliphatic rings. The zero-order chi connectivity index (χ0) is 16.2. The van der Waals surface area contributed by atoms with Crippen molar-refractivity contribution in [1.29, 1.82) is 0 Å². The molecule has 2 heterocycles. The number of hydrogen-bond acceptors (Lipinski definition) is 4. The summed E-state index contributed by atoms with van der Waals surface area (Å²) in [6, 6.07) is 11.2. The third-order valence-electron chi connectivity index (χ3n) is 3.25. The highest BCUT2D eigenvalue weighted by Gasteiger charge is 2.05. The Balaban J connectivity index is 1.79. The lowest BCUT2D eigenvalue weighted by molar-refractivity contribution is 0.0955. The molecule has 0 unspecified atom stereocenters. The topological polar surface area (TPSA) is 67.2 Å². The lowest BCUT2D eigenvalue weighted by Crippen LogP contribution is -2.17. The predicted molar refractivity (Wildman–Crippen MR) is 90.8 cm³/mol. The molecule has 0 spiro atoms. The Hall–Kier alpha value is -2.79. The van der Waals surface area contributed by atoms with Crippen LogP contribution in [-0.4, -0.2) is 22.1 Å². The monoisotopic (exact) mass is 324 g/mol. The number of aryl methyl sites for hydroxylation is 1. The largest absolute Gasteiger partial charge is 0.272 e. The number of rotatable bonds is 3. The van der Waals surface area contributed by atoms with Gasteiger partial charge in [-0.05, 0) is 36.8 Å². The molecule has 1 N–H and O–H groups in total. The molecule has 1 amide bonds. The molecule has 0 aliphatic heterocycles. The first-order chi connectivity index (χ1) is 11.1. The van der Waals surface area contributed by atoms with Crippen LogP contribution < -0.4 is 5.43 Å². The maximum Gasteiger partial charge on any atom is 0.272 e. The summed E-state index contributed by atoms with van der Waals surface area (Å²) in [4.78, 5) is 20.1. The zero-order valence-corrected chi connectivity index (χ0v) is 13.1. The first-order valence-corrected chi connectivity index (χ1v) is 7.31. The molecule has 0 saturated heterocycles. The molecule has 5 nitrogen and oxygen atoms in total. The van der Waals surface area contributed by atoms with Crippen LogP contribution in [0.15, 0.2) is 53.9 Å². The van der Waals surface area contributed by atoms with E-state index in [0.717, 1.165) is 16.5 Å². The highest BCUT2D eigenvalue weighted by molar-refractivity contribution is 6.32. The van der Waals surface area contributed by atoms with Crippen LogP contribution in [0.5, 0.6) is 0 Å². The quantitative estimate of drug-likeness (QED) is 0.456. The van der Waals surface area contributed by atoms with Crippen LogP contribution in [0.1, 0.15) is 21.5 Å². The fourth-order valence-electron chi connectivity index (χ4n) is 2.08. The summed E-state index contributed by atoms with van der Waals surface area (Å²) in [7, 11) is 0. The minimum atomic E-state index is -0.338. The average molecular weight is 325 g/mol. The molecule has 6 heteroatoms. The van der Waals surface area contributed by atoms with E-state index in [-0.39, 0.29) is 5.91 Å². The van der Waals surface area contributed by atoms with Crippen LogP contribution in [0.4, 0.5) is 0 Å². The summed E-state index contributed by atoms with van der Waals surface area (Å²) in [5.41, 5.74) is 5.45. The van der Waals surface area contributed by atoms with Gasteiger partial charge in [-0.3, -0.25) is 9.78 Å². The van der Waals surface area contributed by atoms with Gasteiger partial charge in [0, 0.05) is 23.3 Å². The van der Waals surface area contributed by atoms with Crippen molar-refractivity contribution in [2.45, 2.75) is 6.92 Å². The highest BCUT2D eigenvalue weighted by Crippen LogP contribution is 2.20. The molecular formula is C17H13ClN4O. The van der Waals surface area contributed by atoms with Gasteiger partial charge in [0.1, 0.15) is 5.15 Å². The van der Waals surface area contributed by atoms with Gasteiger partial charge in [-0.25, -0.2) is 10.4 Å². The number of nitrogens with zero attached hydrogens (tertiary/aromatic N) is 3. The number of halogens is 1. The van der Waals surface area contributed by atoms with E-state index in [1.165, 1.54) is 12.4 Å². The van der Waals surface area contributed by atoms with E-state index in [1.807, 2.05) is 31.2 Å². The van der Waals surface area contributed by atoms with E-state index in [9.17, 15) is 4.79 Å². The van der Waals surface area contributed by atoms with E-state index < -0.39 is 0 Å². The van der Waals surface area contributed by atoms with Crippen molar-refractivity contribution >= 4 is 34.6 Å². The minimum absolute atomic E-state index is 0.336.